The summed E-state index contributed by atoms with van der Waals surface area (Å²) in [6.07, 6.45) is 0. The molecule has 31 heavy (non-hydrogen) atoms. The van der Waals surface area contributed by atoms with Gasteiger partial charge in [-0.2, -0.15) is 9.67 Å². The number of rotatable bonds is 6. The Bertz CT molecular complexity index is 1170. The lowest BCUT2D eigenvalue weighted by molar-refractivity contribution is 0.0947. The monoisotopic (exact) mass is 431 g/mol. The summed E-state index contributed by atoms with van der Waals surface area (Å²) >= 11 is 5.96. The Morgan fingerprint density at radius 3 is 2.29 bits per heavy atom. The zero-order chi connectivity index (χ0) is 21.8. The Balaban J connectivity index is 1.63. The van der Waals surface area contributed by atoms with Crippen LogP contribution >= 0.6 is 11.6 Å². The van der Waals surface area contributed by atoms with Crippen molar-refractivity contribution in [1.82, 2.24) is 14.8 Å². The Kier molecular flexibility index (Phi) is 6.00. The lowest BCUT2D eigenvalue weighted by Gasteiger charge is -2.13. The van der Waals surface area contributed by atoms with Crippen molar-refractivity contribution >= 4 is 29.1 Å². The summed E-state index contributed by atoms with van der Waals surface area (Å²) in [5, 5.41) is 8.31. The maximum Gasteiger partial charge on any atom is 0.281 e. The molecule has 0 spiro atoms. The van der Waals surface area contributed by atoms with Crippen molar-refractivity contribution in [3.05, 3.63) is 95.0 Å². The third-order valence-electron chi connectivity index (χ3n) is 4.83. The Morgan fingerprint density at radius 2 is 1.65 bits per heavy atom. The second-order valence-electron chi connectivity index (χ2n) is 7.26. The molecule has 3 aromatic carbocycles. The SMILES string of the molecule is CN(C)c1ccc(CNc2nc(-c3ccccc3)nn2C(=O)c2ccc(Cl)cc2)cc1. The number of anilines is 2. The van der Waals surface area contributed by atoms with Gasteiger partial charge in [0.15, 0.2) is 5.82 Å². The summed E-state index contributed by atoms with van der Waals surface area (Å²) in [4.78, 5) is 19.8. The van der Waals surface area contributed by atoms with E-state index in [0.717, 1.165) is 16.8 Å². The van der Waals surface area contributed by atoms with Crippen molar-refractivity contribution in [2.45, 2.75) is 6.54 Å². The maximum absolute atomic E-state index is 13.1. The van der Waals surface area contributed by atoms with Crippen molar-refractivity contribution in [2.24, 2.45) is 0 Å². The molecule has 0 fully saturated rings. The number of carbonyl (C=O) groups is 1. The highest BCUT2D eigenvalue weighted by Crippen LogP contribution is 2.20. The molecule has 0 aliphatic carbocycles. The van der Waals surface area contributed by atoms with Crippen LogP contribution in [0.5, 0.6) is 0 Å². The highest BCUT2D eigenvalue weighted by Gasteiger charge is 2.18. The van der Waals surface area contributed by atoms with Crippen LogP contribution < -0.4 is 10.2 Å². The zero-order valence-corrected chi connectivity index (χ0v) is 18.0. The van der Waals surface area contributed by atoms with Crippen LogP contribution in [0, 0.1) is 0 Å². The smallest absolute Gasteiger partial charge is 0.281 e. The lowest BCUT2D eigenvalue weighted by Crippen LogP contribution is -2.17. The maximum atomic E-state index is 13.1. The first-order chi connectivity index (χ1) is 15.0. The summed E-state index contributed by atoms with van der Waals surface area (Å²) in [5.41, 5.74) is 3.51. The highest BCUT2D eigenvalue weighted by molar-refractivity contribution is 6.30. The number of benzene rings is 3. The molecular weight excluding hydrogens is 410 g/mol. The molecule has 4 rings (SSSR count). The average Bonchev–Trinajstić information content (AvgIpc) is 3.23. The van der Waals surface area contributed by atoms with Gasteiger partial charge in [-0.3, -0.25) is 4.79 Å². The number of nitrogens with one attached hydrogen (secondary N) is 1. The summed E-state index contributed by atoms with van der Waals surface area (Å²) in [7, 11) is 4.01. The van der Waals surface area contributed by atoms with E-state index in [1.54, 1.807) is 24.3 Å². The van der Waals surface area contributed by atoms with Gasteiger partial charge in [0.05, 0.1) is 0 Å². The zero-order valence-electron chi connectivity index (χ0n) is 17.3. The van der Waals surface area contributed by atoms with Crippen LogP contribution in [-0.4, -0.2) is 34.8 Å². The van der Waals surface area contributed by atoms with E-state index in [2.05, 4.69) is 27.5 Å². The average molecular weight is 432 g/mol. The number of hydrogen-bond donors (Lipinski definition) is 1. The molecule has 6 nitrogen and oxygen atoms in total. The van der Waals surface area contributed by atoms with Crippen molar-refractivity contribution in [3.63, 3.8) is 0 Å². The fourth-order valence-electron chi connectivity index (χ4n) is 3.09. The van der Waals surface area contributed by atoms with Gasteiger partial charge in [-0.15, -0.1) is 5.10 Å². The molecule has 4 aromatic rings. The number of aromatic nitrogens is 3. The van der Waals surface area contributed by atoms with E-state index in [1.165, 1.54) is 4.68 Å². The molecule has 7 heteroatoms. The number of carbonyl (C=O) groups excluding carboxylic acids is 1. The van der Waals surface area contributed by atoms with Crippen molar-refractivity contribution < 1.29 is 4.79 Å². The van der Waals surface area contributed by atoms with Crippen LogP contribution in [0.4, 0.5) is 11.6 Å². The molecule has 1 heterocycles. The minimum Gasteiger partial charge on any atom is -0.378 e. The van der Waals surface area contributed by atoms with Gasteiger partial charge in [-0.1, -0.05) is 54.1 Å². The van der Waals surface area contributed by atoms with Crippen LogP contribution in [0.15, 0.2) is 78.9 Å². The third-order valence-corrected chi connectivity index (χ3v) is 5.08. The van der Waals surface area contributed by atoms with Crippen LogP contribution in [-0.2, 0) is 6.54 Å². The molecule has 0 atom stereocenters. The molecule has 0 aliphatic heterocycles. The van der Waals surface area contributed by atoms with E-state index in [9.17, 15) is 4.79 Å². The molecule has 156 valence electrons. The standard InChI is InChI=1S/C24H22ClN5O/c1-29(2)21-14-8-17(9-15-21)16-26-24-27-22(18-6-4-3-5-7-18)28-30(24)23(31)19-10-12-20(25)13-11-19/h3-15H,16H2,1-2H3,(H,26,27,28). The van der Waals surface area contributed by atoms with E-state index in [1.807, 2.05) is 61.5 Å². The van der Waals surface area contributed by atoms with E-state index in [0.29, 0.717) is 28.9 Å². The van der Waals surface area contributed by atoms with Crippen LogP contribution in [0.25, 0.3) is 11.4 Å². The predicted molar refractivity (Wildman–Crippen MR) is 125 cm³/mol. The third kappa shape index (κ3) is 4.75. The normalized spacial score (nSPS) is 10.7. The van der Waals surface area contributed by atoms with Gasteiger partial charge in [0.25, 0.3) is 5.91 Å². The molecular formula is C24H22ClN5O. The Morgan fingerprint density at radius 1 is 0.968 bits per heavy atom. The summed E-state index contributed by atoms with van der Waals surface area (Å²) in [6.45, 7) is 0.508. The molecule has 0 saturated heterocycles. The van der Waals surface area contributed by atoms with Gasteiger partial charge in [0.1, 0.15) is 0 Å². The van der Waals surface area contributed by atoms with E-state index >= 15 is 0 Å². The van der Waals surface area contributed by atoms with Crippen molar-refractivity contribution in [3.8, 4) is 11.4 Å². The van der Waals surface area contributed by atoms with Crippen LogP contribution in [0.3, 0.4) is 0 Å². The topological polar surface area (TPSA) is 63.0 Å². The largest absolute Gasteiger partial charge is 0.378 e. The number of halogens is 1. The lowest BCUT2D eigenvalue weighted by atomic mass is 10.2. The molecule has 0 saturated carbocycles. The second kappa shape index (κ2) is 9.02. The molecule has 0 radical (unpaired) electrons. The summed E-state index contributed by atoms with van der Waals surface area (Å²) in [5.74, 6) is 0.584. The fraction of sp³-hybridized carbons (Fsp3) is 0.125. The molecule has 0 unspecified atom stereocenters. The van der Waals surface area contributed by atoms with Crippen LogP contribution in [0.2, 0.25) is 5.02 Å². The van der Waals surface area contributed by atoms with Gasteiger partial charge in [0, 0.05) is 42.5 Å². The Labute approximate surface area is 186 Å². The first-order valence-electron chi connectivity index (χ1n) is 9.84. The van der Waals surface area contributed by atoms with E-state index in [-0.39, 0.29) is 5.91 Å². The number of nitrogens with zero attached hydrogens (tertiary/aromatic N) is 4. The van der Waals surface area contributed by atoms with Gasteiger partial charge < -0.3 is 10.2 Å². The van der Waals surface area contributed by atoms with Gasteiger partial charge >= 0.3 is 0 Å². The predicted octanol–water partition coefficient (Wildman–Crippen LogP) is 4.97. The molecule has 0 amide bonds. The van der Waals surface area contributed by atoms with Crippen LogP contribution in [0.1, 0.15) is 15.9 Å². The first-order valence-corrected chi connectivity index (χ1v) is 10.2. The number of hydrogen-bond acceptors (Lipinski definition) is 5. The van der Waals surface area contributed by atoms with Gasteiger partial charge in [0.2, 0.25) is 5.95 Å². The fourth-order valence-corrected chi connectivity index (χ4v) is 3.21. The first kappa shape index (κ1) is 20.6. The molecule has 0 bridgehead atoms. The van der Waals surface area contributed by atoms with E-state index < -0.39 is 0 Å². The second-order valence-corrected chi connectivity index (χ2v) is 7.70. The Hall–Kier alpha value is -3.64. The summed E-state index contributed by atoms with van der Waals surface area (Å²) in [6, 6.07) is 24.5. The van der Waals surface area contributed by atoms with Gasteiger partial charge in [-0.25, -0.2) is 0 Å². The van der Waals surface area contributed by atoms with Crippen molar-refractivity contribution in [2.75, 3.05) is 24.3 Å². The molecule has 1 aromatic heterocycles. The van der Waals surface area contributed by atoms with Crippen molar-refractivity contribution in [1.29, 1.82) is 0 Å². The molecule has 1 N–H and O–H groups in total. The van der Waals surface area contributed by atoms with E-state index in [4.69, 9.17) is 11.6 Å². The molecule has 0 aliphatic rings. The minimum absolute atomic E-state index is 0.281. The van der Waals surface area contributed by atoms with Gasteiger partial charge in [-0.05, 0) is 42.0 Å². The minimum atomic E-state index is -0.281. The quantitative estimate of drug-likeness (QED) is 0.467. The summed E-state index contributed by atoms with van der Waals surface area (Å²) < 4.78 is 1.31. The highest BCUT2D eigenvalue weighted by atomic mass is 35.5.